The van der Waals surface area contributed by atoms with Gasteiger partial charge in [-0.1, -0.05) is 0 Å². The molecule has 1 N–H and O–H groups in total. The van der Waals surface area contributed by atoms with Crippen molar-refractivity contribution in [1.82, 2.24) is 15.0 Å². The van der Waals surface area contributed by atoms with E-state index in [0.29, 0.717) is 17.0 Å². The smallest absolute Gasteiger partial charge is 0.363 e. The minimum atomic E-state index is -4.17. The third kappa shape index (κ3) is 2.91. The van der Waals surface area contributed by atoms with Gasteiger partial charge in [-0.15, -0.1) is 0 Å². The molecule has 0 amide bonds. The first kappa shape index (κ1) is 12.7. The van der Waals surface area contributed by atoms with Crippen LogP contribution in [0.3, 0.4) is 0 Å². The fourth-order valence-electron chi connectivity index (χ4n) is 1.56. The van der Waals surface area contributed by atoms with Gasteiger partial charge in [0.15, 0.2) is 5.65 Å². The molecular weight excluding hydrogens is 245 g/mol. The van der Waals surface area contributed by atoms with Crippen LogP contribution in [0.4, 0.5) is 19.0 Å². The second-order valence-corrected chi connectivity index (χ2v) is 4.23. The monoisotopic (exact) mass is 258 g/mol. The molecule has 18 heavy (non-hydrogen) atoms. The molecule has 0 aliphatic heterocycles. The van der Waals surface area contributed by atoms with Gasteiger partial charge in [-0.25, -0.2) is 9.97 Å². The molecule has 4 nitrogen and oxygen atoms in total. The minimum Gasteiger partial charge on any atom is -0.363 e. The number of nitrogens with zero attached hydrogens (tertiary/aromatic N) is 3. The lowest BCUT2D eigenvalue weighted by atomic mass is 10.3. The van der Waals surface area contributed by atoms with E-state index in [1.807, 2.05) is 19.0 Å². The summed E-state index contributed by atoms with van der Waals surface area (Å²) in [4.78, 5) is 13.0. The second-order valence-electron chi connectivity index (χ2n) is 4.23. The van der Waals surface area contributed by atoms with E-state index in [9.17, 15) is 13.2 Å². The Morgan fingerprint density at radius 3 is 2.56 bits per heavy atom. The van der Waals surface area contributed by atoms with Crippen molar-refractivity contribution in [2.75, 3.05) is 19.0 Å². The molecule has 98 valence electrons. The van der Waals surface area contributed by atoms with Crippen LogP contribution in [0.25, 0.3) is 11.2 Å². The number of halogens is 3. The van der Waals surface area contributed by atoms with E-state index < -0.39 is 12.6 Å². The van der Waals surface area contributed by atoms with E-state index in [2.05, 4.69) is 15.0 Å². The number of anilines is 1. The van der Waals surface area contributed by atoms with Gasteiger partial charge >= 0.3 is 6.18 Å². The number of hydrogen-bond acceptors (Lipinski definition) is 3. The highest BCUT2D eigenvalue weighted by Crippen LogP contribution is 2.22. The van der Waals surface area contributed by atoms with Gasteiger partial charge in [-0.05, 0) is 12.1 Å². The standard InChI is InChI=1S/C11H13F3N4/c1-18(2)9-4-3-7-10(17-9)16-8(15-7)5-6-11(12,13)14/h3-4H,5-6H2,1-2H3,(H,15,16,17). The van der Waals surface area contributed by atoms with Crippen molar-refractivity contribution in [2.24, 2.45) is 0 Å². The Bertz CT molecular complexity index is 545. The highest BCUT2D eigenvalue weighted by atomic mass is 19.4. The summed E-state index contributed by atoms with van der Waals surface area (Å²) in [7, 11) is 3.68. The third-order valence-electron chi connectivity index (χ3n) is 2.48. The molecule has 2 heterocycles. The topological polar surface area (TPSA) is 44.8 Å². The van der Waals surface area contributed by atoms with E-state index >= 15 is 0 Å². The largest absolute Gasteiger partial charge is 0.389 e. The van der Waals surface area contributed by atoms with E-state index in [0.717, 1.165) is 5.82 Å². The number of aryl methyl sites for hydroxylation is 1. The first-order valence-electron chi connectivity index (χ1n) is 5.45. The molecule has 0 fully saturated rings. The number of aromatic amines is 1. The van der Waals surface area contributed by atoms with Crippen molar-refractivity contribution in [1.29, 1.82) is 0 Å². The molecule has 0 unspecified atom stereocenters. The molecule has 2 aromatic heterocycles. The molecule has 7 heteroatoms. The average Bonchev–Trinajstić information content (AvgIpc) is 2.66. The van der Waals surface area contributed by atoms with Crippen LogP contribution >= 0.6 is 0 Å². The van der Waals surface area contributed by atoms with Crippen molar-refractivity contribution < 1.29 is 13.2 Å². The molecular formula is C11H13F3N4. The van der Waals surface area contributed by atoms with Gasteiger partial charge in [0.2, 0.25) is 0 Å². The van der Waals surface area contributed by atoms with Gasteiger partial charge in [0, 0.05) is 20.5 Å². The lowest BCUT2D eigenvalue weighted by Crippen LogP contribution is -2.10. The number of H-pyrrole nitrogens is 1. The maximum Gasteiger partial charge on any atom is 0.389 e. The molecule has 0 saturated heterocycles. The summed E-state index contributed by atoms with van der Waals surface area (Å²) >= 11 is 0. The van der Waals surface area contributed by atoms with Crippen LogP contribution in [0.1, 0.15) is 12.2 Å². The zero-order chi connectivity index (χ0) is 13.3. The lowest BCUT2D eigenvalue weighted by Gasteiger charge is -2.09. The number of imidazole rings is 1. The molecule has 0 spiro atoms. The van der Waals surface area contributed by atoms with E-state index in [1.54, 1.807) is 12.1 Å². The zero-order valence-electron chi connectivity index (χ0n) is 10.0. The van der Waals surface area contributed by atoms with Gasteiger partial charge in [0.25, 0.3) is 0 Å². The quantitative estimate of drug-likeness (QED) is 0.920. The summed E-state index contributed by atoms with van der Waals surface area (Å²) in [6.07, 6.45) is -5.20. The first-order chi connectivity index (χ1) is 8.35. The van der Waals surface area contributed by atoms with Crippen molar-refractivity contribution in [3.05, 3.63) is 18.0 Å². The van der Waals surface area contributed by atoms with E-state index in [4.69, 9.17) is 0 Å². The van der Waals surface area contributed by atoms with Crippen LogP contribution in [0.5, 0.6) is 0 Å². The number of aromatic nitrogens is 3. The molecule has 0 saturated carbocycles. The predicted molar refractivity (Wildman–Crippen MR) is 62.6 cm³/mol. The lowest BCUT2D eigenvalue weighted by molar-refractivity contribution is -0.134. The number of rotatable bonds is 3. The Balaban J connectivity index is 2.22. The minimum absolute atomic E-state index is 0.156. The zero-order valence-corrected chi connectivity index (χ0v) is 10.0. The highest BCUT2D eigenvalue weighted by molar-refractivity contribution is 5.73. The van der Waals surface area contributed by atoms with Crippen LogP contribution in [0.15, 0.2) is 12.1 Å². The average molecular weight is 258 g/mol. The van der Waals surface area contributed by atoms with Gasteiger partial charge in [0.1, 0.15) is 11.6 Å². The maximum absolute atomic E-state index is 12.1. The van der Waals surface area contributed by atoms with Crippen LogP contribution in [0, 0.1) is 0 Å². The second kappa shape index (κ2) is 4.47. The first-order valence-corrected chi connectivity index (χ1v) is 5.45. The summed E-state index contributed by atoms with van der Waals surface area (Å²) in [5.74, 6) is 1.03. The summed E-state index contributed by atoms with van der Waals surface area (Å²) in [6, 6.07) is 3.55. The molecule has 2 rings (SSSR count). The number of alkyl halides is 3. The third-order valence-corrected chi connectivity index (χ3v) is 2.48. The number of hydrogen-bond donors (Lipinski definition) is 1. The van der Waals surface area contributed by atoms with Crippen molar-refractivity contribution in [2.45, 2.75) is 19.0 Å². The molecule has 2 aromatic rings. The number of fused-ring (bicyclic) bond motifs is 1. The molecule has 0 aromatic carbocycles. The highest BCUT2D eigenvalue weighted by Gasteiger charge is 2.27. The summed E-state index contributed by atoms with van der Waals surface area (Å²) in [5, 5.41) is 0. The van der Waals surface area contributed by atoms with Crippen molar-refractivity contribution in [3.63, 3.8) is 0 Å². The Labute approximate surface area is 102 Å². The summed E-state index contributed by atoms with van der Waals surface area (Å²) in [5.41, 5.74) is 1.09. The Morgan fingerprint density at radius 2 is 1.94 bits per heavy atom. The van der Waals surface area contributed by atoms with Crippen LogP contribution < -0.4 is 4.90 Å². The fraction of sp³-hybridized carbons (Fsp3) is 0.455. The van der Waals surface area contributed by atoms with Gasteiger partial charge in [0.05, 0.1) is 11.9 Å². The van der Waals surface area contributed by atoms with Crippen LogP contribution in [-0.2, 0) is 6.42 Å². The van der Waals surface area contributed by atoms with Gasteiger partial charge in [-0.2, -0.15) is 13.2 Å². The molecule has 0 radical (unpaired) electrons. The fourth-order valence-corrected chi connectivity index (χ4v) is 1.56. The Morgan fingerprint density at radius 1 is 1.22 bits per heavy atom. The predicted octanol–water partition coefficient (Wildman–Crippen LogP) is 2.52. The van der Waals surface area contributed by atoms with Crippen molar-refractivity contribution in [3.8, 4) is 0 Å². The number of nitrogens with one attached hydrogen (secondary N) is 1. The van der Waals surface area contributed by atoms with Crippen molar-refractivity contribution >= 4 is 17.0 Å². The Hall–Kier alpha value is -1.79. The Kier molecular flexibility index (Phi) is 3.14. The van der Waals surface area contributed by atoms with Crippen LogP contribution in [-0.4, -0.2) is 35.2 Å². The molecule has 0 aliphatic carbocycles. The summed E-state index contributed by atoms with van der Waals surface area (Å²) < 4.78 is 36.3. The molecule has 0 atom stereocenters. The van der Waals surface area contributed by atoms with Gasteiger partial charge < -0.3 is 9.88 Å². The SMILES string of the molecule is CN(C)c1ccc2[nH]c(CCC(F)(F)F)nc2n1. The van der Waals surface area contributed by atoms with Gasteiger partial charge in [-0.3, -0.25) is 0 Å². The van der Waals surface area contributed by atoms with Crippen LogP contribution in [0.2, 0.25) is 0 Å². The normalized spacial score (nSPS) is 12.1. The maximum atomic E-state index is 12.1. The number of pyridine rings is 1. The molecule has 0 bridgehead atoms. The summed E-state index contributed by atoms with van der Waals surface area (Å²) in [6.45, 7) is 0. The molecule has 0 aliphatic rings. The van der Waals surface area contributed by atoms with E-state index in [-0.39, 0.29) is 6.42 Å². The van der Waals surface area contributed by atoms with E-state index in [1.165, 1.54) is 0 Å².